The molecule has 15 heavy (non-hydrogen) atoms. The maximum absolute atomic E-state index is 11.4. The summed E-state index contributed by atoms with van der Waals surface area (Å²) in [5.41, 5.74) is 5.32. The molecule has 0 aromatic carbocycles. The van der Waals surface area contributed by atoms with Crippen LogP contribution < -0.4 is 11.3 Å². The van der Waals surface area contributed by atoms with Crippen molar-refractivity contribution in [2.45, 2.75) is 25.8 Å². The van der Waals surface area contributed by atoms with Gasteiger partial charge in [-0.2, -0.15) is 10.4 Å². The van der Waals surface area contributed by atoms with Crippen molar-refractivity contribution in [3.63, 3.8) is 0 Å². The summed E-state index contributed by atoms with van der Waals surface area (Å²) in [5, 5.41) is 12.6. The normalized spacial score (nSPS) is 17.0. The van der Waals surface area contributed by atoms with Crippen LogP contribution in [-0.2, 0) is 6.54 Å². The summed E-state index contributed by atoms with van der Waals surface area (Å²) in [5.74, 6) is 0.336. The minimum Gasteiger partial charge on any atom is -0.382 e. The van der Waals surface area contributed by atoms with Gasteiger partial charge in [0, 0.05) is 17.9 Å². The Morgan fingerprint density at radius 1 is 1.60 bits per heavy atom. The first-order valence-electron chi connectivity index (χ1n) is 4.86. The molecule has 0 radical (unpaired) electrons. The zero-order valence-electron chi connectivity index (χ0n) is 8.31. The number of anilines is 1. The van der Waals surface area contributed by atoms with Crippen LogP contribution in [0.1, 0.15) is 19.3 Å². The Kier molecular flexibility index (Phi) is 2.19. The number of nitrogen functional groups attached to an aromatic ring is 1. The molecule has 1 saturated carbocycles. The van der Waals surface area contributed by atoms with Gasteiger partial charge in [-0.1, -0.05) is 0 Å². The third-order valence-corrected chi connectivity index (χ3v) is 2.78. The Hall–Kier alpha value is -1.83. The number of hydrogen-bond acceptors (Lipinski definition) is 4. The largest absolute Gasteiger partial charge is 0.382 e. The lowest BCUT2D eigenvalue weighted by molar-refractivity contribution is 0.393. The smallest absolute Gasteiger partial charge is 0.266 e. The van der Waals surface area contributed by atoms with Crippen LogP contribution in [0.5, 0.6) is 0 Å². The van der Waals surface area contributed by atoms with Gasteiger partial charge in [-0.25, -0.2) is 4.68 Å². The molecule has 0 saturated heterocycles. The highest BCUT2D eigenvalue weighted by molar-refractivity contribution is 5.23. The van der Waals surface area contributed by atoms with Crippen LogP contribution in [-0.4, -0.2) is 9.78 Å². The standard InChI is InChI=1S/C10H12N4O/c11-6-5-10(3-4-10)7-14-9(15)2-1-8(12)13-14/h1-2H,3-5,7H2,(H2,12,13). The summed E-state index contributed by atoms with van der Waals surface area (Å²) in [6, 6.07) is 5.05. The zero-order valence-corrected chi connectivity index (χ0v) is 8.31. The van der Waals surface area contributed by atoms with Crippen molar-refractivity contribution >= 4 is 5.82 Å². The highest BCUT2D eigenvalue weighted by Gasteiger charge is 2.43. The molecule has 1 aromatic heterocycles. The Bertz CT molecular complexity index is 467. The van der Waals surface area contributed by atoms with Crippen molar-refractivity contribution in [1.82, 2.24) is 9.78 Å². The maximum Gasteiger partial charge on any atom is 0.266 e. The fraction of sp³-hybridized carbons (Fsp3) is 0.500. The summed E-state index contributed by atoms with van der Waals surface area (Å²) in [4.78, 5) is 11.4. The molecular formula is C10H12N4O. The average molecular weight is 204 g/mol. The van der Waals surface area contributed by atoms with Gasteiger partial charge in [-0.05, 0) is 18.9 Å². The molecule has 0 amide bonds. The van der Waals surface area contributed by atoms with Gasteiger partial charge in [0.05, 0.1) is 12.6 Å². The molecule has 1 aliphatic carbocycles. The fourth-order valence-corrected chi connectivity index (χ4v) is 1.63. The van der Waals surface area contributed by atoms with Crippen molar-refractivity contribution in [1.29, 1.82) is 5.26 Å². The van der Waals surface area contributed by atoms with Crippen molar-refractivity contribution in [3.8, 4) is 6.07 Å². The first kappa shape index (κ1) is 9.71. The quantitative estimate of drug-likeness (QED) is 0.777. The average Bonchev–Trinajstić information content (AvgIpc) is 2.92. The van der Waals surface area contributed by atoms with Crippen molar-refractivity contribution in [2.75, 3.05) is 5.73 Å². The topological polar surface area (TPSA) is 84.7 Å². The second kappa shape index (κ2) is 3.39. The lowest BCUT2D eigenvalue weighted by Crippen LogP contribution is -2.27. The maximum atomic E-state index is 11.4. The molecule has 0 spiro atoms. The zero-order chi connectivity index (χ0) is 10.9. The van der Waals surface area contributed by atoms with E-state index >= 15 is 0 Å². The number of aromatic nitrogens is 2. The van der Waals surface area contributed by atoms with Crippen LogP contribution in [0.25, 0.3) is 0 Å². The predicted octanol–water partition coefficient (Wildman–Crippen LogP) is 0.519. The summed E-state index contributed by atoms with van der Waals surface area (Å²) >= 11 is 0. The van der Waals surface area contributed by atoms with Crippen LogP contribution in [0.15, 0.2) is 16.9 Å². The molecule has 1 heterocycles. The lowest BCUT2D eigenvalue weighted by atomic mass is 10.0. The van der Waals surface area contributed by atoms with Crippen molar-refractivity contribution < 1.29 is 0 Å². The van der Waals surface area contributed by atoms with Crippen molar-refractivity contribution in [2.24, 2.45) is 5.41 Å². The van der Waals surface area contributed by atoms with E-state index < -0.39 is 0 Å². The summed E-state index contributed by atoms with van der Waals surface area (Å²) in [6.45, 7) is 0.504. The number of nitrogens with two attached hydrogens (primary N) is 1. The van der Waals surface area contributed by atoms with Crippen LogP contribution in [0, 0.1) is 16.7 Å². The summed E-state index contributed by atoms with van der Waals surface area (Å²) < 4.78 is 1.36. The molecule has 5 nitrogen and oxygen atoms in total. The van der Waals surface area contributed by atoms with E-state index in [0.29, 0.717) is 18.8 Å². The molecule has 2 N–H and O–H groups in total. The number of nitrogens with zero attached hydrogens (tertiary/aromatic N) is 3. The van der Waals surface area contributed by atoms with Gasteiger partial charge < -0.3 is 5.73 Å². The van der Waals surface area contributed by atoms with E-state index in [1.54, 1.807) is 0 Å². The predicted molar refractivity (Wildman–Crippen MR) is 54.8 cm³/mol. The Morgan fingerprint density at radius 3 is 2.93 bits per heavy atom. The van der Waals surface area contributed by atoms with Gasteiger partial charge in [0.2, 0.25) is 0 Å². The monoisotopic (exact) mass is 204 g/mol. The minimum absolute atomic E-state index is 0.0284. The van der Waals surface area contributed by atoms with Gasteiger partial charge in [0.15, 0.2) is 0 Å². The van der Waals surface area contributed by atoms with E-state index in [9.17, 15) is 4.79 Å². The number of rotatable bonds is 3. The van der Waals surface area contributed by atoms with E-state index in [-0.39, 0.29) is 11.0 Å². The molecule has 1 fully saturated rings. The first-order chi connectivity index (χ1) is 7.15. The van der Waals surface area contributed by atoms with Crippen LogP contribution >= 0.6 is 0 Å². The molecule has 2 rings (SSSR count). The molecule has 5 heteroatoms. The van der Waals surface area contributed by atoms with Crippen LogP contribution in [0.2, 0.25) is 0 Å². The van der Waals surface area contributed by atoms with E-state index in [1.807, 2.05) is 0 Å². The molecule has 1 aliphatic rings. The third-order valence-electron chi connectivity index (χ3n) is 2.78. The van der Waals surface area contributed by atoms with Crippen LogP contribution in [0.4, 0.5) is 5.82 Å². The van der Waals surface area contributed by atoms with E-state index in [4.69, 9.17) is 11.0 Å². The van der Waals surface area contributed by atoms with Gasteiger partial charge in [-0.15, -0.1) is 0 Å². The number of nitriles is 1. The molecule has 78 valence electrons. The molecule has 0 aliphatic heterocycles. The van der Waals surface area contributed by atoms with Crippen LogP contribution in [0.3, 0.4) is 0 Å². The summed E-state index contributed by atoms with van der Waals surface area (Å²) in [7, 11) is 0. The highest BCUT2D eigenvalue weighted by atomic mass is 16.1. The Morgan fingerprint density at radius 2 is 2.33 bits per heavy atom. The van der Waals surface area contributed by atoms with E-state index in [0.717, 1.165) is 12.8 Å². The molecular weight excluding hydrogens is 192 g/mol. The Balaban J connectivity index is 2.21. The lowest BCUT2D eigenvalue weighted by Gasteiger charge is -2.11. The molecule has 1 aromatic rings. The SMILES string of the molecule is N#CCC1(Cn2nc(N)ccc2=O)CC1. The van der Waals surface area contributed by atoms with Gasteiger partial charge in [0.25, 0.3) is 5.56 Å². The number of hydrogen-bond donors (Lipinski definition) is 1. The molecule has 0 atom stereocenters. The third kappa shape index (κ3) is 1.99. The first-order valence-corrected chi connectivity index (χ1v) is 4.86. The van der Waals surface area contributed by atoms with E-state index in [2.05, 4.69) is 11.2 Å². The van der Waals surface area contributed by atoms with Gasteiger partial charge >= 0.3 is 0 Å². The van der Waals surface area contributed by atoms with Crippen molar-refractivity contribution in [3.05, 3.63) is 22.5 Å². The molecule has 0 unspecified atom stereocenters. The highest BCUT2D eigenvalue weighted by Crippen LogP contribution is 2.49. The summed E-state index contributed by atoms with van der Waals surface area (Å²) in [6.07, 6.45) is 2.46. The minimum atomic E-state index is -0.159. The van der Waals surface area contributed by atoms with E-state index in [1.165, 1.54) is 16.8 Å². The Labute approximate surface area is 87.1 Å². The second-order valence-electron chi connectivity index (χ2n) is 4.09. The fourth-order valence-electron chi connectivity index (χ4n) is 1.63. The van der Waals surface area contributed by atoms with Gasteiger partial charge in [0.1, 0.15) is 5.82 Å². The second-order valence-corrected chi connectivity index (χ2v) is 4.09. The van der Waals surface area contributed by atoms with Gasteiger partial charge in [-0.3, -0.25) is 4.79 Å². The molecule has 0 bridgehead atoms.